The summed E-state index contributed by atoms with van der Waals surface area (Å²) in [6, 6.07) is 11.1. The van der Waals surface area contributed by atoms with Crippen LogP contribution in [0.1, 0.15) is 67.4 Å². The Balaban J connectivity index is 1.48. The highest BCUT2D eigenvalue weighted by Gasteiger charge is 2.39. The summed E-state index contributed by atoms with van der Waals surface area (Å²) in [6.07, 6.45) is 7.70. The van der Waals surface area contributed by atoms with E-state index in [9.17, 15) is 32.5 Å². The first kappa shape index (κ1) is 33.6. The van der Waals surface area contributed by atoms with E-state index >= 15 is 0 Å². The quantitative estimate of drug-likeness (QED) is 0.130. The highest BCUT2D eigenvalue weighted by atomic mass is 32.2. The predicted molar refractivity (Wildman–Crippen MR) is 164 cm³/mol. The van der Waals surface area contributed by atoms with Crippen LogP contribution in [0.3, 0.4) is 0 Å². The Hall–Kier alpha value is -4.27. The van der Waals surface area contributed by atoms with Crippen molar-refractivity contribution in [3.63, 3.8) is 0 Å². The number of likely N-dealkylation sites (tertiary alicyclic amines) is 1. The average Bonchev–Trinajstić information content (AvgIpc) is 3.62. The topological polar surface area (TPSA) is 188 Å². The molecule has 242 valence electrons. The van der Waals surface area contributed by atoms with E-state index in [-0.39, 0.29) is 30.3 Å². The van der Waals surface area contributed by atoms with Gasteiger partial charge in [-0.1, -0.05) is 56.9 Å². The van der Waals surface area contributed by atoms with Crippen LogP contribution in [-0.4, -0.2) is 80.7 Å². The zero-order valence-corrected chi connectivity index (χ0v) is 25.7. The van der Waals surface area contributed by atoms with Gasteiger partial charge in [-0.05, 0) is 36.2 Å². The number of aliphatic carboxylic acids is 2. The van der Waals surface area contributed by atoms with Crippen molar-refractivity contribution in [2.75, 3.05) is 18.4 Å². The number of carboxylic acid groups (broad SMARTS) is 2. The number of carbonyl (C=O) groups is 3. The number of hydrogen-bond donors (Lipinski definition) is 4. The fourth-order valence-electron chi connectivity index (χ4n) is 5.53. The summed E-state index contributed by atoms with van der Waals surface area (Å²) in [6.45, 7) is 2.86. The van der Waals surface area contributed by atoms with Gasteiger partial charge in [0.1, 0.15) is 22.8 Å². The monoisotopic (exact) mass is 642 g/mol. The third-order valence-electron chi connectivity index (χ3n) is 7.74. The summed E-state index contributed by atoms with van der Waals surface area (Å²) in [5, 5.41) is 21.6. The van der Waals surface area contributed by atoms with Gasteiger partial charge in [0.2, 0.25) is 0 Å². The van der Waals surface area contributed by atoms with Crippen LogP contribution in [-0.2, 0) is 26.1 Å². The molecule has 1 fully saturated rings. The van der Waals surface area contributed by atoms with Gasteiger partial charge in [-0.2, -0.15) is 8.42 Å². The molecule has 4 rings (SSSR count). The molecule has 3 atom stereocenters. The van der Waals surface area contributed by atoms with Gasteiger partial charge in [-0.15, -0.1) is 0 Å². The molecule has 14 heteroatoms. The summed E-state index contributed by atoms with van der Waals surface area (Å²) < 4.78 is 40.9. The summed E-state index contributed by atoms with van der Waals surface area (Å²) in [4.78, 5) is 41.8. The third kappa shape index (κ3) is 9.36. The van der Waals surface area contributed by atoms with Crippen LogP contribution in [0.4, 0.5) is 5.82 Å². The molecule has 0 saturated carbocycles. The van der Waals surface area contributed by atoms with Crippen molar-refractivity contribution >= 4 is 33.8 Å². The minimum Gasteiger partial charge on any atom is -0.489 e. The Kier molecular flexibility index (Phi) is 11.3. The lowest BCUT2D eigenvalue weighted by atomic mass is 10.1. The van der Waals surface area contributed by atoms with Crippen LogP contribution in [0.2, 0.25) is 0 Å². The second kappa shape index (κ2) is 15.1. The van der Waals surface area contributed by atoms with E-state index in [2.05, 4.69) is 17.2 Å². The number of imidazole rings is 1. The molecule has 0 spiro atoms. The molecule has 1 aliphatic heterocycles. The summed E-state index contributed by atoms with van der Waals surface area (Å²) in [5.41, 5.74) is 0.408. The van der Waals surface area contributed by atoms with Crippen molar-refractivity contribution < 1.29 is 42.3 Å². The second-order valence-corrected chi connectivity index (χ2v) is 12.5. The lowest BCUT2D eigenvalue weighted by Crippen LogP contribution is -2.39. The van der Waals surface area contributed by atoms with Crippen LogP contribution in [0.25, 0.3) is 0 Å². The number of ether oxygens (including phenoxy) is 1. The summed E-state index contributed by atoms with van der Waals surface area (Å²) >= 11 is 0. The number of amides is 1. The lowest BCUT2D eigenvalue weighted by Gasteiger charge is -2.27. The van der Waals surface area contributed by atoms with E-state index in [1.54, 1.807) is 36.8 Å². The number of hydrogen-bond acceptors (Lipinski definition) is 8. The van der Waals surface area contributed by atoms with Gasteiger partial charge >= 0.3 is 11.9 Å². The Morgan fingerprint density at radius 1 is 1.07 bits per heavy atom. The average molecular weight is 643 g/mol. The molecule has 0 radical (unpaired) electrons. The smallest absolute Gasteiger partial charge is 0.321 e. The number of nitrogens with zero attached hydrogens (tertiary/aromatic N) is 3. The Morgan fingerprint density at radius 3 is 2.47 bits per heavy atom. The van der Waals surface area contributed by atoms with Gasteiger partial charge in [0.25, 0.3) is 16.0 Å². The Morgan fingerprint density at radius 2 is 1.80 bits per heavy atom. The number of carbonyl (C=O) groups excluding carboxylic acids is 1. The van der Waals surface area contributed by atoms with Crippen LogP contribution < -0.4 is 10.1 Å². The number of rotatable bonds is 16. The Bertz CT molecular complexity index is 1590. The first-order chi connectivity index (χ1) is 21.4. The molecule has 1 aromatic heterocycles. The SMILES string of the molecule is CCCCCC[C@H](CN1C[C@@H](Oc2ccc(CC(=O)O)cc2)C[C@H]1C(=O)O)n1cnc(NC(=O)c2ccccc2S(=O)(=O)O)c1. The highest BCUT2D eigenvalue weighted by molar-refractivity contribution is 7.86. The molecule has 0 bridgehead atoms. The summed E-state index contributed by atoms with van der Waals surface area (Å²) in [5.74, 6) is -1.94. The van der Waals surface area contributed by atoms with E-state index in [0.717, 1.165) is 38.2 Å². The van der Waals surface area contributed by atoms with Crippen molar-refractivity contribution in [2.45, 2.75) is 75.0 Å². The van der Waals surface area contributed by atoms with E-state index in [0.29, 0.717) is 24.4 Å². The fourth-order valence-corrected chi connectivity index (χ4v) is 6.22. The lowest BCUT2D eigenvalue weighted by molar-refractivity contribution is -0.142. The number of carboxylic acids is 2. The second-order valence-electron chi connectivity index (χ2n) is 11.1. The van der Waals surface area contributed by atoms with Crippen molar-refractivity contribution in [2.24, 2.45) is 0 Å². The summed E-state index contributed by atoms with van der Waals surface area (Å²) in [7, 11) is -4.62. The molecule has 45 heavy (non-hydrogen) atoms. The maximum absolute atomic E-state index is 12.9. The molecule has 3 aromatic rings. The minimum atomic E-state index is -4.62. The van der Waals surface area contributed by atoms with Crippen LogP contribution in [0.15, 0.2) is 66.0 Å². The Labute approximate surface area is 261 Å². The number of aromatic nitrogens is 2. The normalized spacial score (nSPS) is 17.6. The largest absolute Gasteiger partial charge is 0.489 e. The van der Waals surface area contributed by atoms with Gasteiger partial charge < -0.3 is 24.8 Å². The molecule has 0 aliphatic carbocycles. The van der Waals surface area contributed by atoms with Crippen LogP contribution in [0.5, 0.6) is 5.75 Å². The molecule has 2 heterocycles. The van der Waals surface area contributed by atoms with Gasteiger partial charge in [0.15, 0.2) is 5.82 Å². The molecule has 13 nitrogen and oxygen atoms in total. The van der Waals surface area contributed by atoms with E-state index in [1.165, 1.54) is 18.2 Å². The van der Waals surface area contributed by atoms with Crippen molar-refractivity contribution in [3.05, 3.63) is 72.2 Å². The molecule has 1 amide bonds. The van der Waals surface area contributed by atoms with Crippen molar-refractivity contribution in [3.8, 4) is 5.75 Å². The maximum Gasteiger partial charge on any atom is 0.321 e. The zero-order chi connectivity index (χ0) is 32.6. The molecule has 1 aliphatic rings. The molecule has 0 unspecified atom stereocenters. The number of benzene rings is 2. The van der Waals surface area contributed by atoms with Crippen LogP contribution >= 0.6 is 0 Å². The number of anilines is 1. The van der Waals surface area contributed by atoms with Gasteiger partial charge in [0, 0.05) is 31.7 Å². The first-order valence-electron chi connectivity index (χ1n) is 14.8. The maximum atomic E-state index is 12.9. The predicted octanol–water partition coefficient (Wildman–Crippen LogP) is 4.13. The highest BCUT2D eigenvalue weighted by Crippen LogP contribution is 2.28. The van der Waals surface area contributed by atoms with E-state index in [1.807, 2.05) is 9.47 Å². The van der Waals surface area contributed by atoms with Crippen LogP contribution in [0, 0.1) is 0 Å². The fraction of sp³-hybridized carbons (Fsp3) is 0.419. The first-order valence-corrected chi connectivity index (χ1v) is 16.2. The molecule has 2 aromatic carbocycles. The molecular formula is C31H38N4O9S. The number of nitrogens with one attached hydrogen (secondary N) is 1. The standard InChI is InChI=1S/C31H38N4O9S/c1-2-3-4-5-8-22(35-19-28(32-20-35)33-30(38)25-9-6-7-10-27(25)45(41,42)43)17-34-18-24(16-26(34)31(39)40)44-23-13-11-21(12-14-23)15-29(36)37/h6-7,9-14,19-20,22,24,26H,2-5,8,15-18H2,1H3,(H,33,38)(H,36,37)(H,39,40)(H,41,42,43)/t22-,24+,26+/m1/s1. The molecular weight excluding hydrogens is 604 g/mol. The van der Waals surface area contributed by atoms with Crippen molar-refractivity contribution in [1.29, 1.82) is 0 Å². The van der Waals surface area contributed by atoms with E-state index in [4.69, 9.17) is 9.84 Å². The van der Waals surface area contributed by atoms with E-state index < -0.39 is 45.0 Å². The minimum absolute atomic E-state index is 0.101. The zero-order valence-electron chi connectivity index (χ0n) is 24.9. The third-order valence-corrected chi connectivity index (χ3v) is 8.65. The van der Waals surface area contributed by atoms with Gasteiger partial charge in [-0.3, -0.25) is 23.8 Å². The molecule has 4 N–H and O–H groups in total. The number of unbranched alkanes of at least 4 members (excludes halogenated alkanes) is 3. The van der Waals surface area contributed by atoms with Gasteiger partial charge in [-0.25, -0.2) is 4.98 Å². The van der Waals surface area contributed by atoms with Crippen molar-refractivity contribution in [1.82, 2.24) is 14.5 Å². The molecule has 1 saturated heterocycles. The van der Waals surface area contributed by atoms with Gasteiger partial charge in [0.05, 0.1) is 18.3 Å².